The van der Waals surface area contributed by atoms with Gasteiger partial charge in [0, 0.05) is 45.1 Å². The zero-order valence-corrected chi connectivity index (χ0v) is 14.0. The number of pyridine rings is 1. The monoisotopic (exact) mass is 326 g/mol. The minimum absolute atomic E-state index is 0.109. The van der Waals surface area contributed by atoms with E-state index in [1.807, 2.05) is 6.07 Å². The van der Waals surface area contributed by atoms with Gasteiger partial charge in [-0.1, -0.05) is 0 Å². The molecule has 2 aromatic rings. The molecule has 0 unspecified atom stereocenters. The van der Waals surface area contributed by atoms with E-state index < -0.39 is 0 Å². The Morgan fingerprint density at radius 2 is 1.79 bits per heavy atom. The van der Waals surface area contributed by atoms with Gasteiger partial charge in [0.1, 0.15) is 11.6 Å². The van der Waals surface area contributed by atoms with Crippen molar-refractivity contribution in [3.8, 4) is 5.75 Å². The summed E-state index contributed by atoms with van der Waals surface area (Å²) in [6.07, 6.45) is 1.73. The summed E-state index contributed by atoms with van der Waals surface area (Å²) in [7, 11) is 3.83. The van der Waals surface area contributed by atoms with E-state index in [9.17, 15) is 9.90 Å². The zero-order chi connectivity index (χ0) is 17.1. The van der Waals surface area contributed by atoms with Gasteiger partial charge in [-0.05, 0) is 43.4 Å². The first-order valence-corrected chi connectivity index (χ1v) is 8.02. The molecule has 0 spiro atoms. The fourth-order valence-corrected chi connectivity index (χ4v) is 2.81. The van der Waals surface area contributed by atoms with Crippen LogP contribution in [0.25, 0.3) is 0 Å². The molecule has 0 radical (unpaired) electrons. The predicted molar refractivity (Wildman–Crippen MR) is 94.8 cm³/mol. The Morgan fingerprint density at radius 3 is 2.46 bits per heavy atom. The molecular formula is C18H22N4O2. The van der Waals surface area contributed by atoms with E-state index in [1.54, 1.807) is 48.5 Å². The van der Waals surface area contributed by atoms with Crippen LogP contribution in [0.5, 0.6) is 5.75 Å². The van der Waals surface area contributed by atoms with E-state index >= 15 is 0 Å². The summed E-state index contributed by atoms with van der Waals surface area (Å²) in [6, 6.07) is 10.2. The Bertz CT molecular complexity index is 709. The summed E-state index contributed by atoms with van der Waals surface area (Å²) in [4.78, 5) is 23.4. The van der Waals surface area contributed by atoms with Gasteiger partial charge in [-0.25, -0.2) is 4.98 Å². The molecule has 6 heteroatoms. The summed E-state index contributed by atoms with van der Waals surface area (Å²) >= 11 is 0. The third-order valence-corrected chi connectivity index (χ3v) is 4.36. The van der Waals surface area contributed by atoms with E-state index in [1.165, 1.54) is 0 Å². The largest absolute Gasteiger partial charge is 0.508 e. The zero-order valence-electron chi connectivity index (χ0n) is 14.0. The van der Waals surface area contributed by atoms with Crippen LogP contribution in [-0.2, 0) is 0 Å². The van der Waals surface area contributed by atoms with Gasteiger partial charge in [0.15, 0.2) is 0 Å². The number of phenols is 1. The van der Waals surface area contributed by atoms with Crippen molar-refractivity contribution >= 4 is 17.4 Å². The molecule has 3 rings (SSSR count). The van der Waals surface area contributed by atoms with E-state index in [2.05, 4.69) is 21.8 Å². The average Bonchev–Trinajstić information content (AvgIpc) is 2.62. The number of amides is 1. The molecule has 1 saturated heterocycles. The SMILES string of the molecule is CN1CCN(c2ncccc2C(=O)N(C)c2ccc(O)cc2)CC1. The first kappa shape index (κ1) is 16.3. The summed E-state index contributed by atoms with van der Waals surface area (Å²) in [5.74, 6) is 0.808. The van der Waals surface area contributed by atoms with Crippen molar-refractivity contribution in [3.63, 3.8) is 0 Å². The molecular weight excluding hydrogens is 304 g/mol. The number of nitrogens with zero attached hydrogens (tertiary/aromatic N) is 4. The van der Waals surface area contributed by atoms with Gasteiger partial charge in [-0.3, -0.25) is 4.79 Å². The van der Waals surface area contributed by atoms with Crippen molar-refractivity contribution in [2.45, 2.75) is 0 Å². The van der Waals surface area contributed by atoms with Crippen molar-refractivity contribution in [2.24, 2.45) is 0 Å². The number of likely N-dealkylation sites (N-methyl/N-ethyl adjacent to an activating group) is 1. The molecule has 0 bridgehead atoms. The highest BCUT2D eigenvalue weighted by Crippen LogP contribution is 2.24. The quantitative estimate of drug-likeness (QED) is 0.932. The van der Waals surface area contributed by atoms with Crippen molar-refractivity contribution < 1.29 is 9.90 Å². The molecule has 2 heterocycles. The molecule has 0 saturated carbocycles. The number of hydrogen-bond acceptors (Lipinski definition) is 5. The Kier molecular flexibility index (Phi) is 4.66. The van der Waals surface area contributed by atoms with Gasteiger partial charge in [0.25, 0.3) is 5.91 Å². The molecule has 1 aromatic carbocycles. The van der Waals surface area contributed by atoms with Gasteiger partial charge in [0.05, 0.1) is 5.56 Å². The molecule has 1 fully saturated rings. The number of anilines is 2. The van der Waals surface area contributed by atoms with Gasteiger partial charge in [0.2, 0.25) is 0 Å². The summed E-state index contributed by atoms with van der Waals surface area (Å²) in [6.45, 7) is 3.63. The topological polar surface area (TPSA) is 59.9 Å². The average molecular weight is 326 g/mol. The maximum absolute atomic E-state index is 12.9. The Hall–Kier alpha value is -2.60. The minimum Gasteiger partial charge on any atom is -0.508 e. The Balaban J connectivity index is 1.86. The van der Waals surface area contributed by atoms with Gasteiger partial charge in [-0.2, -0.15) is 0 Å². The van der Waals surface area contributed by atoms with Crippen LogP contribution >= 0.6 is 0 Å². The molecule has 6 nitrogen and oxygen atoms in total. The number of phenolic OH excluding ortho intramolecular Hbond substituents is 1. The lowest BCUT2D eigenvalue weighted by Crippen LogP contribution is -2.45. The van der Waals surface area contributed by atoms with Crippen molar-refractivity contribution in [2.75, 3.05) is 50.1 Å². The number of aromatic nitrogens is 1. The Labute approximate surface area is 141 Å². The third-order valence-electron chi connectivity index (χ3n) is 4.36. The molecule has 1 aromatic heterocycles. The highest BCUT2D eigenvalue weighted by atomic mass is 16.3. The lowest BCUT2D eigenvalue weighted by molar-refractivity contribution is 0.0993. The summed E-state index contributed by atoms with van der Waals surface area (Å²) in [5.41, 5.74) is 1.32. The lowest BCUT2D eigenvalue weighted by Gasteiger charge is -2.34. The highest BCUT2D eigenvalue weighted by molar-refractivity contribution is 6.08. The predicted octanol–water partition coefficient (Wildman–Crippen LogP) is 1.82. The van der Waals surface area contributed by atoms with Crippen LogP contribution in [-0.4, -0.2) is 61.2 Å². The minimum atomic E-state index is -0.109. The second-order valence-corrected chi connectivity index (χ2v) is 6.05. The second kappa shape index (κ2) is 6.88. The smallest absolute Gasteiger partial charge is 0.261 e. The van der Waals surface area contributed by atoms with Crippen LogP contribution in [0.3, 0.4) is 0 Å². The van der Waals surface area contributed by atoms with Crippen molar-refractivity contribution in [1.82, 2.24) is 9.88 Å². The molecule has 1 aliphatic heterocycles. The Morgan fingerprint density at radius 1 is 1.12 bits per heavy atom. The van der Waals surface area contributed by atoms with Crippen LogP contribution in [0, 0.1) is 0 Å². The number of benzene rings is 1. The molecule has 1 aliphatic rings. The maximum Gasteiger partial charge on any atom is 0.261 e. The number of carbonyl (C=O) groups is 1. The van der Waals surface area contributed by atoms with Gasteiger partial charge >= 0.3 is 0 Å². The standard InChI is InChI=1S/C18H22N4O2/c1-20-10-12-22(13-11-20)17-16(4-3-9-19-17)18(24)21(2)14-5-7-15(23)8-6-14/h3-9,23H,10-13H2,1-2H3. The first-order valence-electron chi connectivity index (χ1n) is 8.02. The van der Waals surface area contributed by atoms with Crippen LogP contribution in [0.15, 0.2) is 42.6 Å². The highest BCUT2D eigenvalue weighted by Gasteiger charge is 2.23. The van der Waals surface area contributed by atoms with Gasteiger partial charge < -0.3 is 19.8 Å². The van der Waals surface area contributed by atoms with E-state index in [4.69, 9.17) is 0 Å². The number of aromatic hydroxyl groups is 1. The molecule has 1 N–H and O–H groups in total. The number of rotatable bonds is 3. The van der Waals surface area contributed by atoms with Crippen LogP contribution in [0.1, 0.15) is 10.4 Å². The number of carbonyl (C=O) groups excluding carboxylic acids is 1. The fraction of sp³-hybridized carbons (Fsp3) is 0.333. The number of hydrogen-bond donors (Lipinski definition) is 1. The van der Waals surface area contributed by atoms with Gasteiger partial charge in [-0.15, -0.1) is 0 Å². The molecule has 24 heavy (non-hydrogen) atoms. The molecule has 0 aliphatic carbocycles. The lowest BCUT2D eigenvalue weighted by atomic mass is 10.2. The summed E-state index contributed by atoms with van der Waals surface area (Å²) < 4.78 is 0. The van der Waals surface area contributed by atoms with E-state index in [-0.39, 0.29) is 11.7 Å². The van der Waals surface area contributed by atoms with Crippen molar-refractivity contribution in [1.29, 1.82) is 0 Å². The summed E-state index contributed by atoms with van der Waals surface area (Å²) in [5, 5.41) is 9.41. The molecule has 126 valence electrons. The van der Waals surface area contributed by atoms with Crippen LogP contribution in [0.4, 0.5) is 11.5 Å². The van der Waals surface area contributed by atoms with Crippen molar-refractivity contribution in [3.05, 3.63) is 48.2 Å². The van der Waals surface area contributed by atoms with Crippen LogP contribution in [0.2, 0.25) is 0 Å². The van der Waals surface area contributed by atoms with Crippen LogP contribution < -0.4 is 9.80 Å². The fourth-order valence-electron chi connectivity index (χ4n) is 2.81. The normalized spacial score (nSPS) is 15.3. The number of piperazine rings is 1. The molecule has 0 atom stereocenters. The molecule has 1 amide bonds. The first-order chi connectivity index (χ1) is 11.6. The second-order valence-electron chi connectivity index (χ2n) is 6.05. The van der Waals surface area contributed by atoms with E-state index in [0.29, 0.717) is 5.56 Å². The van der Waals surface area contributed by atoms with E-state index in [0.717, 1.165) is 37.7 Å². The third kappa shape index (κ3) is 3.33. The maximum atomic E-state index is 12.9.